The lowest BCUT2D eigenvalue weighted by Gasteiger charge is -2.15. The molecule has 1 rings (SSSR count). The van der Waals surface area contributed by atoms with E-state index in [9.17, 15) is 14.4 Å². The first-order valence-corrected chi connectivity index (χ1v) is 5.53. The molecular formula is C12H15NO5. The lowest BCUT2D eigenvalue weighted by atomic mass is 10.1. The van der Waals surface area contributed by atoms with Crippen LogP contribution in [0.3, 0.4) is 0 Å². The maximum absolute atomic E-state index is 11.9. The van der Waals surface area contributed by atoms with Crippen LogP contribution in [0.1, 0.15) is 42.2 Å². The van der Waals surface area contributed by atoms with Crippen LogP contribution in [0.15, 0.2) is 16.9 Å². The van der Waals surface area contributed by atoms with Gasteiger partial charge in [0.05, 0.1) is 6.42 Å². The van der Waals surface area contributed by atoms with Gasteiger partial charge in [-0.1, -0.05) is 13.8 Å². The van der Waals surface area contributed by atoms with Crippen LogP contribution in [0.2, 0.25) is 0 Å². The van der Waals surface area contributed by atoms with Crippen molar-refractivity contribution in [1.82, 2.24) is 4.57 Å². The molecule has 98 valence electrons. The number of hydrogen-bond donors (Lipinski definition) is 2. The molecule has 0 spiro atoms. The zero-order valence-corrected chi connectivity index (χ0v) is 10.2. The molecule has 0 aliphatic carbocycles. The number of aromatic nitrogens is 1. The largest absolute Gasteiger partial charge is 0.481 e. The fourth-order valence-corrected chi connectivity index (χ4v) is 1.70. The second kappa shape index (κ2) is 5.48. The Bertz CT molecular complexity index is 530. The molecule has 2 N–H and O–H groups in total. The standard InChI is InChI=1S/C12H15NO5/c1-7(2)9-4-3-8(12(17)18)11(16)13(9)6-5-10(14)15/h3-4,7H,5-6H2,1-2H3,(H,14,15)(H,17,18). The molecule has 0 saturated heterocycles. The lowest BCUT2D eigenvalue weighted by molar-refractivity contribution is -0.137. The molecule has 0 unspecified atom stereocenters. The molecule has 0 amide bonds. The van der Waals surface area contributed by atoms with E-state index in [1.165, 1.54) is 10.6 Å². The number of aliphatic carboxylic acids is 1. The summed E-state index contributed by atoms with van der Waals surface area (Å²) in [7, 11) is 0. The number of pyridine rings is 1. The molecule has 0 aliphatic heterocycles. The van der Waals surface area contributed by atoms with E-state index in [0.29, 0.717) is 5.69 Å². The molecule has 0 fully saturated rings. The van der Waals surface area contributed by atoms with Gasteiger partial charge < -0.3 is 14.8 Å². The SMILES string of the molecule is CC(C)c1ccc(C(=O)O)c(=O)n1CCC(=O)O. The summed E-state index contributed by atoms with van der Waals surface area (Å²) >= 11 is 0. The van der Waals surface area contributed by atoms with Crippen molar-refractivity contribution in [2.75, 3.05) is 0 Å². The van der Waals surface area contributed by atoms with Gasteiger partial charge in [-0.3, -0.25) is 9.59 Å². The zero-order valence-electron chi connectivity index (χ0n) is 10.2. The van der Waals surface area contributed by atoms with Crippen molar-refractivity contribution in [3.8, 4) is 0 Å². The maximum Gasteiger partial charge on any atom is 0.341 e. The molecule has 1 heterocycles. The van der Waals surface area contributed by atoms with Crippen LogP contribution in [0, 0.1) is 0 Å². The van der Waals surface area contributed by atoms with Gasteiger partial charge in [-0.2, -0.15) is 0 Å². The van der Waals surface area contributed by atoms with E-state index >= 15 is 0 Å². The molecule has 6 heteroatoms. The highest BCUT2D eigenvalue weighted by Crippen LogP contribution is 2.13. The molecule has 0 bridgehead atoms. The van der Waals surface area contributed by atoms with Gasteiger partial charge in [0, 0.05) is 12.2 Å². The van der Waals surface area contributed by atoms with E-state index in [2.05, 4.69) is 0 Å². The summed E-state index contributed by atoms with van der Waals surface area (Å²) in [6, 6.07) is 2.81. The predicted molar refractivity (Wildman–Crippen MR) is 64.0 cm³/mol. The summed E-state index contributed by atoms with van der Waals surface area (Å²) in [6.07, 6.45) is -0.220. The smallest absolute Gasteiger partial charge is 0.341 e. The molecule has 6 nitrogen and oxygen atoms in total. The fraction of sp³-hybridized carbons (Fsp3) is 0.417. The van der Waals surface area contributed by atoms with E-state index in [1.807, 2.05) is 13.8 Å². The third kappa shape index (κ3) is 2.97. The molecule has 1 aromatic heterocycles. The second-order valence-corrected chi connectivity index (χ2v) is 4.23. The topological polar surface area (TPSA) is 96.6 Å². The molecule has 0 aliphatic rings. The van der Waals surface area contributed by atoms with E-state index < -0.39 is 17.5 Å². The Morgan fingerprint density at radius 1 is 1.28 bits per heavy atom. The van der Waals surface area contributed by atoms with Crippen LogP contribution in [0.5, 0.6) is 0 Å². The highest BCUT2D eigenvalue weighted by atomic mass is 16.4. The van der Waals surface area contributed by atoms with Crippen molar-refractivity contribution in [1.29, 1.82) is 0 Å². The minimum Gasteiger partial charge on any atom is -0.481 e. The minimum absolute atomic E-state index is 0.00865. The first-order valence-electron chi connectivity index (χ1n) is 5.53. The van der Waals surface area contributed by atoms with Gasteiger partial charge in [0.15, 0.2) is 0 Å². The molecule has 1 aromatic rings. The number of hydrogen-bond acceptors (Lipinski definition) is 3. The molecule has 0 radical (unpaired) electrons. The van der Waals surface area contributed by atoms with Crippen LogP contribution in [0.4, 0.5) is 0 Å². The average molecular weight is 253 g/mol. The Hall–Kier alpha value is -2.11. The molecular weight excluding hydrogens is 238 g/mol. The normalized spacial score (nSPS) is 10.6. The maximum atomic E-state index is 11.9. The summed E-state index contributed by atoms with van der Waals surface area (Å²) < 4.78 is 1.22. The summed E-state index contributed by atoms with van der Waals surface area (Å²) in [5, 5.41) is 17.5. The Labute approximate surface area is 103 Å². The Morgan fingerprint density at radius 3 is 2.33 bits per heavy atom. The van der Waals surface area contributed by atoms with Crippen LogP contribution >= 0.6 is 0 Å². The highest BCUT2D eigenvalue weighted by molar-refractivity contribution is 5.87. The monoisotopic (exact) mass is 253 g/mol. The third-order valence-corrected chi connectivity index (χ3v) is 2.58. The van der Waals surface area contributed by atoms with Gasteiger partial charge >= 0.3 is 11.9 Å². The first-order chi connectivity index (χ1) is 8.34. The molecule has 0 aromatic carbocycles. The Morgan fingerprint density at radius 2 is 1.89 bits per heavy atom. The third-order valence-electron chi connectivity index (χ3n) is 2.58. The minimum atomic E-state index is -1.31. The molecule has 0 atom stereocenters. The molecule has 0 saturated carbocycles. The van der Waals surface area contributed by atoms with E-state index in [4.69, 9.17) is 10.2 Å². The van der Waals surface area contributed by atoms with Crippen molar-refractivity contribution in [2.45, 2.75) is 32.7 Å². The summed E-state index contributed by atoms with van der Waals surface area (Å²) in [4.78, 5) is 33.4. The van der Waals surface area contributed by atoms with E-state index in [0.717, 1.165) is 0 Å². The number of carboxylic acid groups (broad SMARTS) is 2. The molecule has 18 heavy (non-hydrogen) atoms. The van der Waals surface area contributed by atoms with Gasteiger partial charge in [-0.15, -0.1) is 0 Å². The number of carbonyl (C=O) groups is 2. The van der Waals surface area contributed by atoms with Gasteiger partial charge in [-0.05, 0) is 18.1 Å². The number of carboxylic acids is 2. The lowest BCUT2D eigenvalue weighted by Crippen LogP contribution is -2.30. The Balaban J connectivity index is 3.31. The fourth-order valence-electron chi connectivity index (χ4n) is 1.70. The van der Waals surface area contributed by atoms with Crippen LogP contribution in [-0.2, 0) is 11.3 Å². The van der Waals surface area contributed by atoms with Gasteiger partial charge in [-0.25, -0.2) is 4.79 Å². The number of aromatic carboxylic acids is 1. The zero-order chi connectivity index (χ0) is 13.9. The van der Waals surface area contributed by atoms with Gasteiger partial charge in [0.2, 0.25) is 0 Å². The van der Waals surface area contributed by atoms with Crippen LogP contribution in [-0.4, -0.2) is 26.7 Å². The van der Waals surface area contributed by atoms with Crippen molar-refractivity contribution in [2.24, 2.45) is 0 Å². The second-order valence-electron chi connectivity index (χ2n) is 4.23. The number of rotatable bonds is 5. The van der Waals surface area contributed by atoms with Crippen molar-refractivity contribution in [3.63, 3.8) is 0 Å². The summed E-state index contributed by atoms with van der Waals surface area (Å²) in [6.45, 7) is 3.68. The van der Waals surface area contributed by atoms with Crippen molar-refractivity contribution in [3.05, 3.63) is 33.7 Å². The first kappa shape index (κ1) is 14.0. The van der Waals surface area contributed by atoms with Crippen molar-refractivity contribution >= 4 is 11.9 Å². The number of nitrogens with zero attached hydrogens (tertiary/aromatic N) is 1. The van der Waals surface area contributed by atoms with Crippen LogP contribution < -0.4 is 5.56 Å². The van der Waals surface area contributed by atoms with Crippen molar-refractivity contribution < 1.29 is 19.8 Å². The average Bonchev–Trinajstić information content (AvgIpc) is 2.25. The summed E-state index contributed by atoms with van der Waals surface area (Å²) in [5.41, 5.74) is -0.369. The highest BCUT2D eigenvalue weighted by Gasteiger charge is 2.16. The van der Waals surface area contributed by atoms with Gasteiger partial charge in [0.25, 0.3) is 5.56 Å². The van der Waals surface area contributed by atoms with E-state index in [-0.39, 0.29) is 24.4 Å². The Kier molecular flexibility index (Phi) is 4.25. The van der Waals surface area contributed by atoms with E-state index in [1.54, 1.807) is 6.07 Å². The van der Waals surface area contributed by atoms with Gasteiger partial charge in [0.1, 0.15) is 5.56 Å². The quantitative estimate of drug-likeness (QED) is 0.820. The predicted octanol–water partition coefficient (Wildman–Crippen LogP) is 1.14. The summed E-state index contributed by atoms with van der Waals surface area (Å²) in [5.74, 6) is -2.33. The van der Waals surface area contributed by atoms with Crippen LogP contribution in [0.25, 0.3) is 0 Å².